The average Bonchev–Trinajstić information content (AvgIpc) is 2.48. The molecule has 1 atom stereocenters. The Morgan fingerprint density at radius 2 is 1.74 bits per heavy atom. The Bertz CT molecular complexity index is 277. The molecule has 23 heavy (non-hydrogen) atoms. The van der Waals surface area contributed by atoms with Gasteiger partial charge in [0.15, 0.2) is 5.96 Å². The van der Waals surface area contributed by atoms with Crippen molar-refractivity contribution in [2.45, 2.75) is 58.9 Å². The Hall–Kier alpha value is -0.0800. The molecule has 2 N–H and O–H groups in total. The average molecular weight is 443 g/mol. The lowest BCUT2D eigenvalue weighted by Gasteiger charge is -2.18. The van der Waals surface area contributed by atoms with Crippen LogP contribution in [0.2, 0.25) is 0 Å². The number of nitrogens with zero attached hydrogens (tertiary/aromatic N) is 1. The van der Waals surface area contributed by atoms with E-state index in [1.54, 1.807) is 7.11 Å². The van der Waals surface area contributed by atoms with E-state index in [-0.39, 0.29) is 24.0 Å². The van der Waals surface area contributed by atoms with Gasteiger partial charge in [-0.15, -0.1) is 24.0 Å². The van der Waals surface area contributed by atoms with Crippen molar-refractivity contribution in [1.82, 2.24) is 10.6 Å². The second kappa shape index (κ2) is 18.3. The van der Waals surface area contributed by atoms with Crippen LogP contribution in [-0.4, -0.2) is 52.5 Å². The molecule has 0 aromatic rings. The SMILES string of the molecule is CN=C(NCCCCOCCOC)NC(C)CCCC(C)C.I. The predicted octanol–water partition coefficient (Wildman–Crippen LogP) is 3.43. The van der Waals surface area contributed by atoms with Crippen molar-refractivity contribution in [2.24, 2.45) is 10.9 Å². The molecule has 0 fully saturated rings. The third-order valence-corrected chi connectivity index (χ3v) is 3.47. The number of hydrogen-bond donors (Lipinski definition) is 2. The highest BCUT2D eigenvalue weighted by atomic mass is 127. The number of guanidine groups is 1. The van der Waals surface area contributed by atoms with Crippen molar-refractivity contribution in [3.05, 3.63) is 0 Å². The van der Waals surface area contributed by atoms with Crippen molar-refractivity contribution in [1.29, 1.82) is 0 Å². The molecular formula is C17H38IN3O2. The van der Waals surface area contributed by atoms with E-state index >= 15 is 0 Å². The molecule has 0 heterocycles. The summed E-state index contributed by atoms with van der Waals surface area (Å²) in [6, 6.07) is 0.460. The number of nitrogens with one attached hydrogen (secondary N) is 2. The minimum absolute atomic E-state index is 0. The zero-order chi connectivity index (χ0) is 16.6. The molecule has 0 radical (unpaired) electrons. The van der Waals surface area contributed by atoms with Gasteiger partial charge in [-0.05, 0) is 32.1 Å². The molecule has 0 bridgehead atoms. The molecule has 0 aliphatic heterocycles. The molecule has 1 unspecified atom stereocenters. The van der Waals surface area contributed by atoms with E-state index < -0.39 is 0 Å². The molecule has 0 amide bonds. The quantitative estimate of drug-likeness (QED) is 0.198. The maximum Gasteiger partial charge on any atom is 0.191 e. The first-order chi connectivity index (χ1) is 10.6. The predicted molar refractivity (Wildman–Crippen MR) is 110 cm³/mol. The summed E-state index contributed by atoms with van der Waals surface area (Å²) in [7, 11) is 3.51. The summed E-state index contributed by atoms with van der Waals surface area (Å²) in [6.07, 6.45) is 5.88. The van der Waals surface area contributed by atoms with Crippen LogP contribution in [-0.2, 0) is 9.47 Å². The van der Waals surface area contributed by atoms with Crippen LogP contribution in [0.1, 0.15) is 52.9 Å². The van der Waals surface area contributed by atoms with E-state index in [4.69, 9.17) is 9.47 Å². The molecule has 0 aromatic carbocycles. The van der Waals surface area contributed by atoms with E-state index in [0.717, 1.165) is 37.9 Å². The van der Waals surface area contributed by atoms with Gasteiger partial charge in [-0.3, -0.25) is 4.99 Å². The van der Waals surface area contributed by atoms with E-state index in [9.17, 15) is 0 Å². The summed E-state index contributed by atoms with van der Waals surface area (Å²) in [5, 5.41) is 6.81. The first-order valence-electron chi connectivity index (χ1n) is 8.64. The van der Waals surface area contributed by atoms with E-state index in [1.165, 1.54) is 19.3 Å². The highest BCUT2D eigenvalue weighted by molar-refractivity contribution is 14.0. The Kier molecular flexibility index (Phi) is 20.0. The van der Waals surface area contributed by atoms with Crippen molar-refractivity contribution in [3.8, 4) is 0 Å². The minimum Gasteiger partial charge on any atom is -0.382 e. The van der Waals surface area contributed by atoms with Crippen LogP contribution < -0.4 is 10.6 Å². The third-order valence-electron chi connectivity index (χ3n) is 3.47. The van der Waals surface area contributed by atoms with Crippen LogP contribution in [0.4, 0.5) is 0 Å². The number of halogens is 1. The smallest absolute Gasteiger partial charge is 0.191 e. The van der Waals surface area contributed by atoms with Gasteiger partial charge in [0.2, 0.25) is 0 Å². The second-order valence-electron chi connectivity index (χ2n) is 6.18. The summed E-state index contributed by atoms with van der Waals surface area (Å²) in [6.45, 7) is 9.84. The molecule has 0 aromatic heterocycles. The van der Waals surface area contributed by atoms with E-state index in [1.807, 2.05) is 7.05 Å². The van der Waals surface area contributed by atoms with Crippen LogP contribution >= 0.6 is 24.0 Å². The van der Waals surface area contributed by atoms with E-state index in [0.29, 0.717) is 19.3 Å². The van der Waals surface area contributed by atoms with E-state index in [2.05, 4.69) is 36.4 Å². The molecule has 6 heteroatoms. The number of unbranched alkanes of at least 4 members (excludes halogenated alkanes) is 1. The zero-order valence-corrected chi connectivity index (χ0v) is 18.0. The maximum atomic E-state index is 5.44. The Morgan fingerprint density at radius 1 is 1.00 bits per heavy atom. The Balaban J connectivity index is 0. The number of hydrogen-bond acceptors (Lipinski definition) is 3. The van der Waals surface area contributed by atoms with Crippen LogP contribution in [0.3, 0.4) is 0 Å². The molecule has 0 saturated heterocycles. The number of ether oxygens (including phenoxy) is 2. The van der Waals surface area contributed by atoms with Gasteiger partial charge in [0.05, 0.1) is 13.2 Å². The van der Waals surface area contributed by atoms with Crippen LogP contribution in [0, 0.1) is 5.92 Å². The molecule has 0 spiro atoms. The van der Waals surface area contributed by atoms with Gasteiger partial charge in [0.25, 0.3) is 0 Å². The minimum atomic E-state index is 0. The van der Waals surface area contributed by atoms with Gasteiger partial charge in [-0.1, -0.05) is 26.7 Å². The van der Waals surface area contributed by atoms with Gasteiger partial charge in [-0.2, -0.15) is 0 Å². The largest absolute Gasteiger partial charge is 0.382 e. The first-order valence-corrected chi connectivity index (χ1v) is 8.64. The van der Waals surface area contributed by atoms with Gasteiger partial charge in [0.1, 0.15) is 0 Å². The van der Waals surface area contributed by atoms with Gasteiger partial charge >= 0.3 is 0 Å². The molecule has 0 aliphatic rings. The first kappa shape index (κ1) is 25.2. The topological polar surface area (TPSA) is 54.9 Å². The van der Waals surface area contributed by atoms with Crippen LogP contribution in [0.15, 0.2) is 4.99 Å². The van der Waals surface area contributed by atoms with Crippen molar-refractivity contribution >= 4 is 29.9 Å². The molecule has 5 nitrogen and oxygen atoms in total. The van der Waals surface area contributed by atoms with Crippen LogP contribution in [0.5, 0.6) is 0 Å². The summed E-state index contributed by atoms with van der Waals surface area (Å²) in [5.74, 6) is 1.69. The fraction of sp³-hybridized carbons (Fsp3) is 0.941. The fourth-order valence-electron chi connectivity index (χ4n) is 2.11. The fourth-order valence-corrected chi connectivity index (χ4v) is 2.11. The molecule has 0 rings (SSSR count). The van der Waals surface area contributed by atoms with Crippen molar-refractivity contribution in [3.63, 3.8) is 0 Å². The lowest BCUT2D eigenvalue weighted by Crippen LogP contribution is -2.42. The van der Waals surface area contributed by atoms with Crippen molar-refractivity contribution < 1.29 is 9.47 Å². The van der Waals surface area contributed by atoms with Crippen molar-refractivity contribution in [2.75, 3.05) is 40.5 Å². The highest BCUT2D eigenvalue weighted by Gasteiger charge is 2.05. The number of methoxy groups -OCH3 is 1. The maximum absolute atomic E-state index is 5.44. The molecular weight excluding hydrogens is 405 g/mol. The standard InChI is InChI=1S/C17H37N3O2.HI/c1-15(2)9-8-10-16(3)20-17(18-4)19-11-6-7-12-22-14-13-21-5;/h15-16H,6-14H2,1-5H3,(H2,18,19,20);1H. The summed E-state index contributed by atoms with van der Waals surface area (Å²) in [4.78, 5) is 4.28. The Morgan fingerprint density at radius 3 is 2.35 bits per heavy atom. The van der Waals surface area contributed by atoms with Gasteiger partial charge in [-0.25, -0.2) is 0 Å². The summed E-state index contributed by atoms with van der Waals surface area (Å²) >= 11 is 0. The summed E-state index contributed by atoms with van der Waals surface area (Å²) < 4.78 is 10.4. The lowest BCUT2D eigenvalue weighted by atomic mass is 10.0. The molecule has 0 aliphatic carbocycles. The number of aliphatic imine (C=N–C) groups is 1. The zero-order valence-electron chi connectivity index (χ0n) is 15.7. The van der Waals surface area contributed by atoms with Crippen LogP contribution in [0.25, 0.3) is 0 Å². The second-order valence-corrected chi connectivity index (χ2v) is 6.18. The highest BCUT2D eigenvalue weighted by Crippen LogP contribution is 2.08. The third kappa shape index (κ3) is 18.1. The molecule has 0 saturated carbocycles. The van der Waals surface area contributed by atoms with Gasteiger partial charge in [0, 0.05) is 33.4 Å². The lowest BCUT2D eigenvalue weighted by molar-refractivity contribution is 0.0689. The Labute approximate surface area is 160 Å². The normalized spacial score (nSPS) is 12.9. The molecule has 140 valence electrons. The van der Waals surface area contributed by atoms with Gasteiger partial charge < -0.3 is 20.1 Å². The monoisotopic (exact) mass is 443 g/mol. The summed E-state index contributed by atoms with van der Waals surface area (Å²) in [5.41, 5.74) is 0. The number of rotatable bonds is 13.